The van der Waals surface area contributed by atoms with E-state index in [1.165, 1.54) is 12.3 Å². The van der Waals surface area contributed by atoms with Crippen molar-refractivity contribution in [1.82, 2.24) is 4.98 Å². The fraction of sp³-hybridized carbons (Fsp3) is 0.615. The Morgan fingerprint density at radius 3 is 2.30 bits per heavy atom. The van der Waals surface area contributed by atoms with Crippen LogP contribution in [0.3, 0.4) is 0 Å². The van der Waals surface area contributed by atoms with Gasteiger partial charge in [0.1, 0.15) is 5.49 Å². The Morgan fingerprint density at radius 2 is 1.87 bits per heavy atom. The third-order valence-corrected chi connectivity index (χ3v) is 10.8. The molecule has 132 valence electrons. The normalized spacial score (nSPS) is 15.2. The quantitative estimate of drug-likeness (QED) is 0.499. The van der Waals surface area contributed by atoms with Crippen molar-refractivity contribution in [2.24, 2.45) is 4.03 Å². The third kappa shape index (κ3) is 6.08. The first kappa shape index (κ1) is 20.4. The van der Waals surface area contributed by atoms with Crippen LogP contribution >= 0.6 is 7.60 Å². The summed E-state index contributed by atoms with van der Waals surface area (Å²) in [7, 11) is -9.16. The molecule has 0 fully saturated rings. The first-order chi connectivity index (χ1) is 10.6. The van der Waals surface area contributed by atoms with E-state index < -0.39 is 36.9 Å². The van der Waals surface area contributed by atoms with Gasteiger partial charge in [-0.05, 0) is 39.6 Å². The predicted octanol–water partition coefficient (Wildman–Crippen LogP) is 4.11. The summed E-state index contributed by atoms with van der Waals surface area (Å²) in [5.41, 5.74) is -0.465. The van der Waals surface area contributed by atoms with E-state index >= 15 is 0 Å². The zero-order valence-corrected chi connectivity index (χ0v) is 16.8. The van der Waals surface area contributed by atoms with Gasteiger partial charge in [0, 0.05) is 6.20 Å². The summed E-state index contributed by atoms with van der Waals surface area (Å²) in [5, 5.41) is 0. The maximum absolute atomic E-state index is 14.1. The molecular weight excluding hydrogens is 358 g/mol. The number of hydrogen-bond acceptors (Lipinski definition) is 6. The Kier molecular flexibility index (Phi) is 7.09. The van der Waals surface area contributed by atoms with E-state index in [0.29, 0.717) is 0 Å². The van der Waals surface area contributed by atoms with Crippen molar-refractivity contribution in [3.8, 4) is 0 Å². The molecule has 0 radical (unpaired) electrons. The molecule has 0 saturated carbocycles. The standard InChI is InChI=1S/C13H24FN2O4PSSi/c1-6-19-21(17,20-7-2)11-22(18,16-23(3,4)5)13-8-9-15-10-12(13)14/h8-10H,6-7,11H2,1-5H3. The number of aromatic nitrogens is 1. The zero-order valence-electron chi connectivity index (χ0n) is 14.1. The predicted molar refractivity (Wildman–Crippen MR) is 92.1 cm³/mol. The third-order valence-electron chi connectivity index (χ3n) is 2.48. The Labute approximate surface area is 138 Å². The molecule has 0 amide bonds. The van der Waals surface area contributed by atoms with E-state index in [-0.39, 0.29) is 18.1 Å². The van der Waals surface area contributed by atoms with Gasteiger partial charge < -0.3 is 9.05 Å². The minimum atomic E-state index is -3.65. The number of rotatable bonds is 8. The van der Waals surface area contributed by atoms with Gasteiger partial charge in [-0.15, -0.1) is 0 Å². The minimum absolute atomic E-state index is 0.102. The molecule has 0 aliphatic carbocycles. The monoisotopic (exact) mass is 382 g/mol. The molecule has 0 N–H and O–H groups in total. The van der Waals surface area contributed by atoms with Gasteiger partial charge in [-0.2, -0.15) is 0 Å². The molecule has 0 aromatic carbocycles. The Bertz CT molecular complexity index is 691. The van der Waals surface area contributed by atoms with Gasteiger partial charge in [-0.1, -0.05) is 0 Å². The molecule has 1 unspecified atom stereocenters. The summed E-state index contributed by atoms with van der Waals surface area (Å²) in [6.07, 6.45) is 2.31. The van der Waals surface area contributed by atoms with Crippen LogP contribution in [-0.2, 0) is 23.3 Å². The molecule has 1 aromatic rings. The van der Waals surface area contributed by atoms with Crippen molar-refractivity contribution in [3.05, 3.63) is 24.3 Å². The molecule has 0 aliphatic rings. The highest BCUT2D eigenvalue weighted by molar-refractivity contribution is 8.00. The molecule has 23 heavy (non-hydrogen) atoms. The topological polar surface area (TPSA) is 77.9 Å². The second-order valence-electron chi connectivity index (χ2n) is 5.78. The fourth-order valence-corrected chi connectivity index (χ4v) is 11.0. The second kappa shape index (κ2) is 7.98. The highest BCUT2D eigenvalue weighted by Crippen LogP contribution is 2.51. The van der Waals surface area contributed by atoms with E-state index in [9.17, 15) is 13.2 Å². The van der Waals surface area contributed by atoms with Crippen molar-refractivity contribution in [2.75, 3.05) is 18.7 Å². The summed E-state index contributed by atoms with van der Waals surface area (Å²) in [6.45, 7) is 9.22. The van der Waals surface area contributed by atoms with Crippen molar-refractivity contribution < 1.29 is 22.2 Å². The summed E-state index contributed by atoms with van der Waals surface area (Å²) in [4.78, 5) is 3.56. The zero-order chi connectivity index (χ0) is 17.7. The van der Waals surface area contributed by atoms with Crippen LogP contribution in [0.2, 0.25) is 19.6 Å². The Balaban J connectivity index is 3.50. The molecule has 10 heteroatoms. The number of nitrogens with zero attached hydrogens (tertiary/aromatic N) is 2. The van der Waals surface area contributed by atoms with Crippen LogP contribution < -0.4 is 0 Å². The van der Waals surface area contributed by atoms with Crippen molar-refractivity contribution in [1.29, 1.82) is 0 Å². The lowest BCUT2D eigenvalue weighted by Gasteiger charge is -2.22. The minimum Gasteiger partial charge on any atom is -0.308 e. The maximum Gasteiger partial charge on any atom is 0.344 e. The van der Waals surface area contributed by atoms with E-state index in [0.717, 1.165) is 6.20 Å². The summed E-state index contributed by atoms with van der Waals surface area (Å²) in [5.74, 6) is -0.737. The van der Waals surface area contributed by atoms with E-state index in [4.69, 9.17) is 9.05 Å². The highest BCUT2D eigenvalue weighted by Gasteiger charge is 2.34. The van der Waals surface area contributed by atoms with Crippen molar-refractivity contribution >= 4 is 25.6 Å². The summed E-state index contributed by atoms with van der Waals surface area (Å²) >= 11 is 0. The van der Waals surface area contributed by atoms with Gasteiger partial charge in [0.2, 0.25) is 0 Å². The first-order valence-electron chi connectivity index (χ1n) is 7.29. The van der Waals surface area contributed by atoms with Crippen LogP contribution in [0.25, 0.3) is 0 Å². The average molecular weight is 382 g/mol. The lowest BCUT2D eigenvalue weighted by molar-refractivity contribution is 0.224. The number of hydrogen-bond donors (Lipinski definition) is 0. The average Bonchev–Trinajstić information content (AvgIpc) is 2.36. The SMILES string of the molecule is CCOP(=O)(CS(=O)(=N[Si](C)(C)C)c1ccncc1F)OCC. The first-order valence-corrected chi connectivity index (χ1v) is 14.1. The second-order valence-corrected chi connectivity index (χ2v) is 15.3. The molecule has 0 saturated heterocycles. The number of pyridine rings is 1. The Morgan fingerprint density at radius 1 is 1.30 bits per heavy atom. The maximum atomic E-state index is 14.1. The molecule has 1 atom stereocenters. The molecule has 1 rings (SSSR count). The van der Waals surface area contributed by atoms with E-state index in [2.05, 4.69) is 9.01 Å². The van der Waals surface area contributed by atoms with Crippen molar-refractivity contribution in [3.63, 3.8) is 0 Å². The largest absolute Gasteiger partial charge is 0.344 e. The summed E-state index contributed by atoms with van der Waals surface area (Å²) < 4.78 is 55.2. The smallest absolute Gasteiger partial charge is 0.308 e. The van der Waals surface area contributed by atoms with Crippen LogP contribution in [0.5, 0.6) is 0 Å². The molecule has 0 spiro atoms. The van der Waals surface area contributed by atoms with Crippen molar-refractivity contribution in [2.45, 2.75) is 38.4 Å². The van der Waals surface area contributed by atoms with Gasteiger partial charge in [0.15, 0.2) is 14.1 Å². The van der Waals surface area contributed by atoms with Gasteiger partial charge in [-0.25, -0.2) is 8.60 Å². The molecule has 0 aliphatic heterocycles. The van der Waals surface area contributed by atoms with Gasteiger partial charge in [0.05, 0.1) is 34.0 Å². The molecular formula is C13H24FN2O4PSSi. The fourth-order valence-electron chi connectivity index (χ4n) is 1.93. The molecule has 0 bridgehead atoms. The molecule has 1 heterocycles. The van der Waals surface area contributed by atoms with Crippen LogP contribution in [0.15, 0.2) is 27.4 Å². The van der Waals surface area contributed by atoms with Crippen LogP contribution in [0.1, 0.15) is 13.8 Å². The number of halogens is 1. The Hall–Kier alpha value is -0.603. The lowest BCUT2D eigenvalue weighted by Crippen LogP contribution is -2.23. The van der Waals surface area contributed by atoms with E-state index in [1.54, 1.807) is 13.8 Å². The van der Waals surface area contributed by atoms with Gasteiger partial charge in [-0.3, -0.25) is 13.6 Å². The van der Waals surface area contributed by atoms with Crippen LogP contribution in [0.4, 0.5) is 4.39 Å². The molecule has 6 nitrogen and oxygen atoms in total. The van der Waals surface area contributed by atoms with Gasteiger partial charge >= 0.3 is 7.60 Å². The highest BCUT2D eigenvalue weighted by atomic mass is 32.2. The van der Waals surface area contributed by atoms with E-state index in [1.807, 2.05) is 19.6 Å². The van der Waals surface area contributed by atoms with Crippen LogP contribution in [0, 0.1) is 5.82 Å². The summed E-state index contributed by atoms with van der Waals surface area (Å²) in [6, 6.07) is 1.31. The lowest BCUT2D eigenvalue weighted by atomic mass is 10.5. The van der Waals surface area contributed by atoms with Gasteiger partial charge in [0.25, 0.3) is 0 Å². The van der Waals surface area contributed by atoms with Crippen LogP contribution in [-0.4, -0.2) is 36.1 Å². The molecule has 1 aromatic heterocycles.